The van der Waals surface area contributed by atoms with Crippen molar-refractivity contribution in [2.24, 2.45) is 0 Å². The smallest absolute Gasteiger partial charge is 0.262 e. The highest BCUT2D eigenvalue weighted by molar-refractivity contribution is 7.20. The largest absolute Gasteiger partial charge is 0.496 e. The number of rotatable bonds is 8. The number of thiophene rings is 1. The summed E-state index contributed by atoms with van der Waals surface area (Å²) in [7, 11) is 1.68. The lowest BCUT2D eigenvalue weighted by molar-refractivity contribution is 0.0943. The Kier molecular flexibility index (Phi) is 6.43. The number of anilines is 1. The number of thiazole rings is 1. The van der Waals surface area contributed by atoms with E-state index in [9.17, 15) is 4.79 Å². The van der Waals surface area contributed by atoms with Crippen molar-refractivity contribution in [3.63, 3.8) is 0 Å². The van der Waals surface area contributed by atoms with Gasteiger partial charge in [-0.05, 0) is 37.5 Å². The first-order valence-electron chi connectivity index (χ1n) is 9.88. The molecule has 1 amide bonds. The molecule has 4 rings (SSSR count). The molecule has 0 fully saturated rings. The Labute approximate surface area is 188 Å². The average Bonchev–Trinajstić information content (AvgIpc) is 3.43. The molecule has 0 spiro atoms. The minimum absolute atomic E-state index is 0.122. The molecule has 7 nitrogen and oxygen atoms in total. The molecule has 160 valence electrons. The molecule has 0 aliphatic heterocycles. The first-order valence-corrected chi connectivity index (χ1v) is 11.6. The highest BCUT2D eigenvalue weighted by atomic mass is 32.1. The van der Waals surface area contributed by atoms with Gasteiger partial charge in [-0.15, -0.1) is 22.7 Å². The number of fused-ring (bicyclic) bond motifs is 1. The van der Waals surface area contributed by atoms with Crippen LogP contribution in [-0.4, -0.2) is 34.5 Å². The zero-order valence-electron chi connectivity index (χ0n) is 17.5. The highest BCUT2D eigenvalue weighted by Gasteiger charge is 2.21. The fourth-order valence-electron chi connectivity index (χ4n) is 3.42. The second-order valence-corrected chi connectivity index (χ2v) is 8.94. The van der Waals surface area contributed by atoms with Crippen molar-refractivity contribution in [1.29, 1.82) is 0 Å². The van der Waals surface area contributed by atoms with E-state index in [1.165, 1.54) is 29.0 Å². The molecule has 0 saturated heterocycles. The molecule has 1 atom stereocenters. The summed E-state index contributed by atoms with van der Waals surface area (Å²) in [5, 5.41) is 10.1. The van der Waals surface area contributed by atoms with Gasteiger partial charge in [0.25, 0.3) is 5.91 Å². The van der Waals surface area contributed by atoms with Gasteiger partial charge in [0.05, 0.1) is 23.4 Å². The van der Waals surface area contributed by atoms with Gasteiger partial charge in [-0.2, -0.15) is 0 Å². The van der Waals surface area contributed by atoms with Crippen LogP contribution in [0.4, 0.5) is 5.82 Å². The van der Waals surface area contributed by atoms with Gasteiger partial charge in [-0.1, -0.05) is 18.2 Å². The molecule has 2 N–H and O–H groups in total. The van der Waals surface area contributed by atoms with E-state index in [0.717, 1.165) is 44.3 Å². The maximum atomic E-state index is 12.9. The first-order chi connectivity index (χ1) is 15.1. The predicted octanol–water partition coefficient (Wildman–Crippen LogP) is 4.61. The molecule has 3 aromatic heterocycles. The van der Waals surface area contributed by atoms with Gasteiger partial charge in [0.2, 0.25) is 0 Å². The van der Waals surface area contributed by atoms with Crippen molar-refractivity contribution < 1.29 is 9.53 Å². The first kappa shape index (κ1) is 21.2. The van der Waals surface area contributed by atoms with Crippen LogP contribution >= 0.6 is 22.7 Å². The summed E-state index contributed by atoms with van der Waals surface area (Å²) < 4.78 is 5.43. The van der Waals surface area contributed by atoms with E-state index in [-0.39, 0.29) is 11.9 Å². The minimum Gasteiger partial charge on any atom is -0.496 e. The van der Waals surface area contributed by atoms with Crippen LogP contribution in [0.2, 0.25) is 0 Å². The van der Waals surface area contributed by atoms with Gasteiger partial charge in [-0.25, -0.2) is 15.0 Å². The number of methoxy groups -OCH3 is 1. The van der Waals surface area contributed by atoms with Crippen LogP contribution in [0.5, 0.6) is 5.75 Å². The van der Waals surface area contributed by atoms with Crippen molar-refractivity contribution in [3.8, 4) is 5.75 Å². The van der Waals surface area contributed by atoms with Gasteiger partial charge < -0.3 is 15.4 Å². The summed E-state index contributed by atoms with van der Waals surface area (Å²) in [6.07, 6.45) is 4.06. The third-order valence-electron chi connectivity index (χ3n) is 4.98. The van der Waals surface area contributed by atoms with Crippen molar-refractivity contribution in [3.05, 3.63) is 63.2 Å². The van der Waals surface area contributed by atoms with Crippen molar-refractivity contribution in [2.75, 3.05) is 19.0 Å². The average molecular weight is 454 g/mol. The molecule has 4 aromatic rings. The Morgan fingerprint density at radius 3 is 2.84 bits per heavy atom. The Balaban J connectivity index is 1.51. The lowest BCUT2D eigenvalue weighted by atomic mass is 10.1. The number of amides is 1. The van der Waals surface area contributed by atoms with Crippen molar-refractivity contribution in [2.45, 2.75) is 26.3 Å². The summed E-state index contributed by atoms with van der Waals surface area (Å²) in [6.45, 7) is 4.56. The normalized spacial score (nSPS) is 12.0. The maximum Gasteiger partial charge on any atom is 0.262 e. The molecular weight excluding hydrogens is 430 g/mol. The van der Waals surface area contributed by atoms with Crippen molar-refractivity contribution in [1.82, 2.24) is 20.3 Å². The summed E-state index contributed by atoms with van der Waals surface area (Å²) in [5.74, 6) is 1.49. The molecule has 0 aliphatic rings. The van der Waals surface area contributed by atoms with Crippen LogP contribution in [0.1, 0.15) is 38.8 Å². The molecule has 9 heteroatoms. The Bertz CT molecular complexity index is 1190. The Hall–Kier alpha value is -3.04. The molecule has 0 saturated carbocycles. The highest BCUT2D eigenvalue weighted by Crippen LogP contribution is 2.33. The number of nitrogens with zero attached hydrogens (tertiary/aromatic N) is 3. The summed E-state index contributed by atoms with van der Waals surface area (Å²) in [4.78, 5) is 27.4. The summed E-state index contributed by atoms with van der Waals surface area (Å²) in [6, 6.07) is 7.82. The monoisotopic (exact) mass is 453 g/mol. The van der Waals surface area contributed by atoms with Gasteiger partial charge in [0, 0.05) is 18.1 Å². The number of hydrogen-bond acceptors (Lipinski definition) is 8. The van der Waals surface area contributed by atoms with Crippen LogP contribution in [0.15, 0.2) is 42.2 Å². The fraction of sp³-hybridized carbons (Fsp3) is 0.273. The summed E-state index contributed by atoms with van der Waals surface area (Å²) in [5.41, 5.74) is 2.00. The van der Waals surface area contributed by atoms with Crippen LogP contribution in [0, 0.1) is 6.92 Å². The molecule has 1 aromatic carbocycles. The number of hydrogen-bond donors (Lipinski definition) is 2. The number of para-hydroxylation sites is 1. The second-order valence-electron chi connectivity index (χ2n) is 7.01. The van der Waals surface area contributed by atoms with E-state index in [1.807, 2.05) is 37.4 Å². The standard InChI is InChI=1S/C22H23N5O2S2/c1-13-17-19(23-9-8-15-6-4-5-7-16(15)29-3)25-12-26-22(17)31-18(13)20(28)27-14(2)21-24-10-11-30-21/h4-7,10-12,14H,8-9H2,1-3H3,(H,27,28)(H,23,25,26). The summed E-state index contributed by atoms with van der Waals surface area (Å²) >= 11 is 2.91. The second kappa shape index (κ2) is 9.40. The van der Waals surface area contributed by atoms with E-state index in [2.05, 4.69) is 31.7 Å². The quantitative estimate of drug-likeness (QED) is 0.405. The molecular formula is C22H23N5O2S2. The van der Waals surface area contributed by atoms with Gasteiger partial charge in [0.15, 0.2) is 0 Å². The molecule has 3 heterocycles. The van der Waals surface area contributed by atoms with E-state index in [1.54, 1.807) is 13.3 Å². The number of nitrogens with one attached hydrogen (secondary N) is 2. The fourth-order valence-corrected chi connectivity index (χ4v) is 5.12. The van der Waals surface area contributed by atoms with Crippen molar-refractivity contribution >= 4 is 44.6 Å². The Morgan fingerprint density at radius 2 is 2.06 bits per heavy atom. The molecule has 0 radical (unpaired) electrons. The van der Waals surface area contributed by atoms with E-state index >= 15 is 0 Å². The number of ether oxygens (including phenoxy) is 1. The number of aromatic nitrogens is 3. The molecule has 31 heavy (non-hydrogen) atoms. The Morgan fingerprint density at radius 1 is 1.23 bits per heavy atom. The van der Waals surface area contributed by atoms with Gasteiger partial charge in [-0.3, -0.25) is 4.79 Å². The lowest BCUT2D eigenvalue weighted by Crippen LogP contribution is -2.26. The third-order valence-corrected chi connectivity index (χ3v) is 7.14. The maximum absolute atomic E-state index is 12.9. The number of aryl methyl sites for hydroxylation is 1. The number of benzene rings is 1. The van der Waals surface area contributed by atoms with E-state index < -0.39 is 0 Å². The van der Waals surface area contributed by atoms with Crippen LogP contribution in [0.3, 0.4) is 0 Å². The number of carbonyl (C=O) groups excluding carboxylic acids is 1. The topological polar surface area (TPSA) is 89.0 Å². The third kappa shape index (κ3) is 4.52. The molecule has 1 unspecified atom stereocenters. The van der Waals surface area contributed by atoms with E-state index in [0.29, 0.717) is 11.4 Å². The predicted molar refractivity (Wildman–Crippen MR) is 125 cm³/mol. The van der Waals surface area contributed by atoms with Gasteiger partial charge >= 0.3 is 0 Å². The molecule has 0 bridgehead atoms. The van der Waals surface area contributed by atoms with Crippen LogP contribution in [-0.2, 0) is 6.42 Å². The zero-order chi connectivity index (χ0) is 21.8. The van der Waals surface area contributed by atoms with Gasteiger partial charge in [0.1, 0.15) is 27.7 Å². The SMILES string of the molecule is COc1ccccc1CCNc1ncnc2sc(C(=O)NC(C)c3nccs3)c(C)c12. The lowest BCUT2D eigenvalue weighted by Gasteiger charge is -2.11. The van der Waals surface area contributed by atoms with Crippen LogP contribution in [0.25, 0.3) is 10.2 Å². The number of carbonyl (C=O) groups is 1. The molecule has 0 aliphatic carbocycles. The minimum atomic E-state index is -0.151. The van der Waals surface area contributed by atoms with E-state index in [4.69, 9.17) is 4.74 Å². The van der Waals surface area contributed by atoms with Crippen LogP contribution < -0.4 is 15.4 Å². The zero-order valence-corrected chi connectivity index (χ0v) is 19.1.